The van der Waals surface area contributed by atoms with Crippen LogP contribution in [0.4, 0.5) is 8.78 Å². The molecule has 13 heteroatoms. The molecular formula is C27H21F2N5O6. The first-order valence-electron chi connectivity index (χ1n) is 12.0. The molecular weight excluding hydrogens is 528 g/mol. The molecule has 3 aromatic heterocycles. The maximum atomic E-state index is 13.8. The summed E-state index contributed by atoms with van der Waals surface area (Å²) in [6, 6.07) is 13.5. The monoisotopic (exact) mass is 549 g/mol. The number of alkyl halides is 2. The number of aryl methyl sites for hydroxylation is 1. The highest BCUT2D eigenvalue weighted by Gasteiger charge is 2.26. The van der Waals surface area contributed by atoms with Crippen molar-refractivity contribution in [2.45, 2.75) is 25.4 Å². The number of hydrogen-bond acceptors (Lipinski definition) is 7. The zero-order valence-electron chi connectivity index (χ0n) is 20.9. The lowest BCUT2D eigenvalue weighted by atomic mass is 10.0. The van der Waals surface area contributed by atoms with E-state index in [1.165, 1.54) is 12.1 Å². The Kier molecular flexibility index (Phi) is 6.94. The van der Waals surface area contributed by atoms with Gasteiger partial charge < -0.3 is 14.9 Å². The highest BCUT2D eigenvalue weighted by atomic mass is 19.3. The lowest BCUT2D eigenvalue weighted by molar-refractivity contribution is -0.159. The van der Waals surface area contributed by atoms with E-state index in [9.17, 15) is 13.6 Å². The van der Waals surface area contributed by atoms with Crippen LogP contribution in [-0.2, 0) is 16.6 Å². The number of hydrogen-bond donors (Lipinski definition) is 2. The first kappa shape index (κ1) is 26.4. The number of carboxylic acid groups (broad SMARTS) is 2. The van der Waals surface area contributed by atoms with Crippen molar-refractivity contribution in [3.63, 3.8) is 0 Å². The van der Waals surface area contributed by atoms with E-state index in [-0.39, 0.29) is 16.9 Å². The molecule has 5 aromatic rings. The molecule has 0 radical (unpaired) electrons. The van der Waals surface area contributed by atoms with E-state index >= 15 is 0 Å². The molecule has 11 nitrogen and oxygen atoms in total. The fraction of sp³-hybridized carbons (Fsp3) is 0.185. The summed E-state index contributed by atoms with van der Waals surface area (Å²) >= 11 is 0. The van der Waals surface area contributed by atoms with Gasteiger partial charge in [0.2, 0.25) is 5.43 Å². The van der Waals surface area contributed by atoms with Crippen molar-refractivity contribution in [1.82, 2.24) is 24.4 Å². The number of benzene rings is 2. The van der Waals surface area contributed by atoms with Gasteiger partial charge in [-0.05, 0) is 48.7 Å². The van der Waals surface area contributed by atoms with Crippen molar-refractivity contribution in [1.29, 1.82) is 0 Å². The van der Waals surface area contributed by atoms with Crippen LogP contribution in [0.15, 0.2) is 65.7 Å². The molecule has 2 N–H and O–H groups in total. The second-order valence-corrected chi connectivity index (χ2v) is 9.04. The van der Waals surface area contributed by atoms with E-state index in [2.05, 4.69) is 14.9 Å². The fourth-order valence-corrected chi connectivity index (χ4v) is 4.21. The van der Waals surface area contributed by atoms with Crippen molar-refractivity contribution in [3.8, 4) is 28.1 Å². The number of carboxylic acids is 2. The van der Waals surface area contributed by atoms with Crippen molar-refractivity contribution in [2.24, 2.45) is 7.05 Å². The van der Waals surface area contributed by atoms with E-state index in [1.807, 2.05) is 43.7 Å². The van der Waals surface area contributed by atoms with Crippen LogP contribution in [0.25, 0.3) is 38.9 Å². The molecule has 204 valence electrons. The second kappa shape index (κ2) is 10.5. The summed E-state index contributed by atoms with van der Waals surface area (Å²) < 4.78 is 33.0. The largest absolute Gasteiger partial charge is 0.473 e. The summed E-state index contributed by atoms with van der Waals surface area (Å²) in [6.45, 7) is -2.92. The summed E-state index contributed by atoms with van der Waals surface area (Å²) in [5.74, 6) is -3.24. The van der Waals surface area contributed by atoms with Gasteiger partial charge in [0, 0.05) is 42.0 Å². The van der Waals surface area contributed by atoms with Crippen LogP contribution in [0, 0.1) is 0 Å². The molecule has 0 unspecified atom stereocenters. The number of aliphatic carboxylic acids is 2. The average Bonchev–Trinajstić information content (AvgIpc) is 3.69. The third-order valence-corrected chi connectivity index (χ3v) is 6.15. The van der Waals surface area contributed by atoms with Gasteiger partial charge in [0.05, 0.1) is 11.1 Å². The van der Waals surface area contributed by atoms with Crippen LogP contribution in [0.5, 0.6) is 5.75 Å². The Morgan fingerprint density at radius 3 is 2.30 bits per heavy atom. The zero-order chi connectivity index (χ0) is 28.6. The highest BCUT2D eigenvalue weighted by molar-refractivity contribution is 6.27. The van der Waals surface area contributed by atoms with Crippen LogP contribution < -0.4 is 10.2 Å². The predicted molar refractivity (Wildman–Crippen MR) is 138 cm³/mol. The molecule has 1 aliphatic carbocycles. The minimum absolute atomic E-state index is 0.0195. The fourth-order valence-electron chi connectivity index (χ4n) is 4.21. The molecule has 1 saturated carbocycles. The van der Waals surface area contributed by atoms with E-state index in [1.54, 1.807) is 21.3 Å². The minimum Gasteiger partial charge on any atom is -0.473 e. The van der Waals surface area contributed by atoms with Gasteiger partial charge in [0.25, 0.3) is 0 Å². The number of nitrogens with zero attached hydrogens (tertiary/aromatic N) is 5. The van der Waals surface area contributed by atoms with Crippen LogP contribution in [0.1, 0.15) is 24.5 Å². The Morgan fingerprint density at radius 1 is 1.00 bits per heavy atom. The lowest BCUT2D eigenvalue weighted by Crippen LogP contribution is -2.16. The van der Waals surface area contributed by atoms with E-state index in [0.717, 1.165) is 29.4 Å². The molecule has 0 atom stereocenters. The SMILES string of the molecule is Cn1cc2cc(-c3nn4ccc(C5CC5)nc4c(-c4ccc(OC(F)F)cc4)c3=O)ccc2n1.O=C(O)C(=O)O. The molecule has 0 saturated heterocycles. The summed E-state index contributed by atoms with van der Waals surface area (Å²) in [5.41, 5.74) is 3.73. The third kappa shape index (κ3) is 5.48. The molecule has 0 amide bonds. The van der Waals surface area contributed by atoms with Crippen molar-refractivity contribution < 1.29 is 33.3 Å². The molecule has 0 spiro atoms. The molecule has 0 aliphatic heterocycles. The van der Waals surface area contributed by atoms with E-state index in [0.29, 0.717) is 28.3 Å². The standard InChI is InChI=1S/C25H19F2N5O2.C2H2O4/c1-31-13-17-12-16(6-9-20(17)29-31)22-23(33)21(15-4-7-18(8-5-15)34-25(26)27)24-28-19(14-2-3-14)10-11-32(24)30-22;3-1(4)2(5)6/h4-14,25H,2-3H2,1H3;(H,3,4)(H,5,6). The van der Waals surface area contributed by atoms with Gasteiger partial charge in [0.15, 0.2) is 5.65 Å². The quantitative estimate of drug-likeness (QED) is 0.311. The Labute approximate surface area is 223 Å². The van der Waals surface area contributed by atoms with Crippen LogP contribution in [0.2, 0.25) is 0 Å². The Hall–Kier alpha value is -5.20. The van der Waals surface area contributed by atoms with E-state index in [4.69, 9.17) is 24.8 Å². The van der Waals surface area contributed by atoms with Gasteiger partial charge in [-0.2, -0.15) is 19.0 Å². The first-order chi connectivity index (χ1) is 19.1. The number of ether oxygens (including phenoxy) is 1. The minimum atomic E-state index is -2.92. The molecule has 1 fully saturated rings. The Morgan fingerprint density at radius 2 is 1.68 bits per heavy atom. The van der Waals surface area contributed by atoms with Crippen molar-refractivity contribution in [3.05, 3.63) is 76.8 Å². The normalized spacial score (nSPS) is 12.8. The third-order valence-electron chi connectivity index (χ3n) is 6.15. The number of halogens is 2. The van der Waals surface area contributed by atoms with Gasteiger partial charge in [-0.3, -0.25) is 9.48 Å². The van der Waals surface area contributed by atoms with Gasteiger partial charge in [-0.1, -0.05) is 18.2 Å². The van der Waals surface area contributed by atoms with Crippen LogP contribution in [-0.4, -0.2) is 53.1 Å². The predicted octanol–water partition coefficient (Wildman–Crippen LogP) is 3.94. The van der Waals surface area contributed by atoms with Crippen molar-refractivity contribution >= 4 is 28.5 Å². The first-order valence-corrected chi connectivity index (χ1v) is 12.0. The molecule has 40 heavy (non-hydrogen) atoms. The maximum Gasteiger partial charge on any atom is 0.414 e. The molecule has 1 aliphatic rings. The second-order valence-electron chi connectivity index (χ2n) is 9.04. The van der Waals surface area contributed by atoms with Crippen molar-refractivity contribution in [2.75, 3.05) is 0 Å². The summed E-state index contributed by atoms with van der Waals surface area (Å²) in [6.07, 6.45) is 5.83. The van der Waals surface area contributed by atoms with Gasteiger partial charge in [0.1, 0.15) is 11.4 Å². The van der Waals surface area contributed by atoms with E-state index < -0.39 is 18.6 Å². The molecule has 3 heterocycles. The Balaban J connectivity index is 0.000000487. The molecule has 2 aromatic carbocycles. The Bertz CT molecular complexity index is 1800. The molecule has 0 bridgehead atoms. The summed E-state index contributed by atoms with van der Waals surface area (Å²) in [4.78, 5) is 36.8. The number of carbonyl (C=O) groups is 2. The molecule has 6 rings (SSSR count). The number of fused-ring (bicyclic) bond motifs is 2. The van der Waals surface area contributed by atoms with Gasteiger partial charge >= 0.3 is 18.6 Å². The van der Waals surface area contributed by atoms with Gasteiger partial charge in [-0.25, -0.2) is 19.1 Å². The maximum absolute atomic E-state index is 13.8. The lowest BCUT2D eigenvalue weighted by Gasteiger charge is -2.12. The number of aromatic nitrogens is 5. The summed E-state index contributed by atoms with van der Waals surface area (Å²) in [7, 11) is 1.84. The van der Waals surface area contributed by atoms with Crippen LogP contribution >= 0.6 is 0 Å². The summed E-state index contributed by atoms with van der Waals surface area (Å²) in [5, 5.41) is 24.7. The topological polar surface area (TPSA) is 149 Å². The van der Waals surface area contributed by atoms with Crippen LogP contribution in [0.3, 0.4) is 0 Å². The van der Waals surface area contributed by atoms with Gasteiger partial charge in [-0.15, -0.1) is 0 Å². The smallest absolute Gasteiger partial charge is 0.414 e. The highest BCUT2D eigenvalue weighted by Crippen LogP contribution is 2.39. The zero-order valence-corrected chi connectivity index (χ0v) is 20.9. The number of rotatable bonds is 5. The average molecular weight is 549 g/mol.